The Labute approximate surface area is 171 Å². The van der Waals surface area contributed by atoms with Crippen molar-refractivity contribution in [3.8, 4) is 5.75 Å². The molecule has 150 valence electrons. The molecular formula is C22H27ClN2O3. The summed E-state index contributed by atoms with van der Waals surface area (Å²) in [5, 5.41) is 11.8. The minimum atomic E-state index is -0.957. The number of aryl methyl sites for hydroxylation is 3. The second-order valence-electron chi connectivity index (χ2n) is 7.78. The lowest BCUT2D eigenvalue weighted by Crippen LogP contribution is -2.38. The number of aliphatic hydroxyl groups is 1. The summed E-state index contributed by atoms with van der Waals surface area (Å²) in [6, 6.07) is 5.62. The van der Waals surface area contributed by atoms with Crippen LogP contribution in [0, 0.1) is 20.8 Å². The fraction of sp³-hybridized carbons (Fsp3) is 0.455. The first-order valence-corrected chi connectivity index (χ1v) is 9.98. The Morgan fingerprint density at radius 2 is 1.89 bits per heavy atom. The van der Waals surface area contributed by atoms with Crippen LogP contribution in [-0.2, 0) is 0 Å². The van der Waals surface area contributed by atoms with Gasteiger partial charge in [0.05, 0.1) is 5.56 Å². The molecule has 1 aromatic carbocycles. The average molecular weight is 403 g/mol. The van der Waals surface area contributed by atoms with E-state index in [0.29, 0.717) is 37.2 Å². The van der Waals surface area contributed by atoms with Crippen LogP contribution in [0.5, 0.6) is 5.75 Å². The van der Waals surface area contributed by atoms with E-state index < -0.39 is 5.60 Å². The zero-order valence-corrected chi connectivity index (χ0v) is 17.4. The van der Waals surface area contributed by atoms with E-state index in [4.69, 9.17) is 16.3 Å². The van der Waals surface area contributed by atoms with Crippen LogP contribution in [0.2, 0.25) is 5.02 Å². The quantitative estimate of drug-likeness (QED) is 0.836. The van der Waals surface area contributed by atoms with Crippen molar-refractivity contribution in [2.75, 3.05) is 19.7 Å². The molecule has 1 aromatic heterocycles. The van der Waals surface area contributed by atoms with Gasteiger partial charge in [0, 0.05) is 30.5 Å². The van der Waals surface area contributed by atoms with Gasteiger partial charge in [-0.3, -0.25) is 9.78 Å². The smallest absolute Gasteiger partial charge is 0.255 e. The van der Waals surface area contributed by atoms with E-state index in [-0.39, 0.29) is 12.5 Å². The zero-order chi connectivity index (χ0) is 20.3. The van der Waals surface area contributed by atoms with Gasteiger partial charge in [0.15, 0.2) is 0 Å². The molecule has 5 nitrogen and oxygen atoms in total. The van der Waals surface area contributed by atoms with Crippen molar-refractivity contribution >= 4 is 17.5 Å². The summed E-state index contributed by atoms with van der Waals surface area (Å²) in [4.78, 5) is 18.7. The highest BCUT2D eigenvalue weighted by Crippen LogP contribution is 2.28. The van der Waals surface area contributed by atoms with Gasteiger partial charge in [0.1, 0.15) is 18.0 Å². The van der Waals surface area contributed by atoms with Gasteiger partial charge in [-0.05, 0) is 74.9 Å². The van der Waals surface area contributed by atoms with Gasteiger partial charge in [-0.1, -0.05) is 11.6 Å². The van der Waals surface area contributed by atoms with Gasteiger partial charge in [-0.15, -0.1) is 0 Å². The maximum Gasteiger partial charge on any atom is 0.255 e. The summed E-state index contributed by atoms with van der Waals surface area (Å²) < 4.78 is 5.89. The lowest BCUT2D eigenvalue weighted by molar-refractivity contribution is -0.0163. The standard InChI is InChI=1S/C22H27ClN2O3/c1-15-9-18(13-24-12-15)21(26)25-7-4-5-22(27,6-8-25)14-28-19-10-16(2)20(23)17(3)11-19/h9-13,27H,4-8,14H2,1-3H3. The molecule has 1 N–H and O–H groups in total. The number of pyridine rings is 1. The molecule has 1 aliphatic heterocycles. The molecule has 0 spiro atoms. The van der Waals surface area contributed by atoms with E-state index in [1.807, 2.05) is 39.0 Å². The van der Waals surface area contributed by atoms with E-state index in [9.17, 15) is 9.90 Å². The molecule has 2 heterocycles. The molecule has 1 amide bonds. The van der Waals surface area contributed by atoms with Crippen molar-refractivity contribution < 1.29 is 14.6 Å². The lowest BCUT2D eigenvalue weighted by Gasteiger charge is -2.27. The van der Waals surface area contributed by atoms with Crippen molar-refractivity contribution in [1.82, 2.24) is 9.88 Å². The molecule has 3 rings (SSSR count). The summed E-state index contributed by atoms with van der Waals surface area (Å²) >= 11 is 6.21. The molecule has 6 heteroatoms. The van der Waals surface area contributed by atoms with Crippen LogP contribution in [0.3, 0.4) is 0 Å². The number of nitrogens with zero attached hydrogens (tertiary/aromatic N) is 2. The number of rotatable bonds is 4. The molecule has 28 heavy (non-hydrogen) atoms. The maximum atomic E-state index is 12.8. The first-order valence-electron chi connectivity index (χ1n) is 9.60. The highest BCUT2D eigenvalue weighted by Gasteiger charge is 2.32. The van der Waals surface area contributed by atoms with Crippen LogP contribution in [0.15, 0.2) is 30.6 Å². The minimum Gasteiger partial charge on any atom is -0.491 e. The van der Waals surface area contributed by atoms with Crippen molar-refractivity contribution in [3.05, 3.63) is 57.9 Å². The molecule has 0 bridgehead atoms. The molecule has 0 aliphatic carbocycles. The highest BCUT2D eigenvalue weighted by atomic mass is 35.5. The SMILES string of the molecule is Cc1cncc(C(=O)N2CCCC(O)(COc3cc(C)c(Cl)c(C)c3)CC2)c1. The fourth-order valence-corrected chi connectivity index (χ4v) is 3.70. The Balaban J connectivity index is 1.63. The number of carbonyl (C=O) groups is 1. The summed E-state index contributed by atoms with van der Waals surface area (Å²) in [5.41, 5.74) is 2.50. The van der Waals surface area contributed by atoms with Crippen LogP contribution >= 0.6 is 11.6 Å². The van der Waals surface area contributed by atoms with Crippen molar-refractivity contribution in [2.45, 2.75) is 45.6 Å². The highest BCUT2D eigenvalue weighted by molar-refractivity contribution is 6.32. The van der Waals surface area contributed by atoms with Gasteiger partial charge in [0.25, 0.3) is 5.91 Å². The number of hydrogen-bond acceptors (Lipinski definition) is 4. The largest absolute Gasteiger partial charge is 0.491 e. The third-order valence-corrected chi connectivity index (χ3v) is 5.84. The topological polar surface area (TPSA) is 62.7 Å². The molecule has 0 saturated carbocycles. The van der Waals surface area contributed by atoms with Crippen LogP contribution in [0.25, 0.3) is 0 Å². The van der Waals surface area contributed by atoms with E-state index in [0.717, 1.165) is 28.1 Å². The van der Waals surface area contributed by atoms with Gasteiger partial charge >= 0.3 is 0 Å². The Hall–Kier alpha value is -2.11. The number of benzene rings is 1. The summed E-state index contributed by atoms with van der Waals surface area (Å²) in [6.45, 7) is 7.10. The summed E-state index contributed by atoms with van der Waals surface area (Å²) in [5.74, 6) is 0.668. The van der Waals surface area contributed by atoms with Gasteiger partial charge in [-0.2, -0.15) is 0 Å². The normalized spacial score (nSPS) is 20.0. The van der Waals surface area contributed by atoms with Gasteiger partial charge in [0.2, 0.25) is 0 Å². The molecule has 1 atom stereocenters. The molecular weight excluding hydrogens is 376 g/mol. The number of ether oxygens (including phenoxy) is 1. The first-order chi connectivity index (χ1) is 13.3. The zero-order valence-electron chi connectivity index (χ0n) is 16.7. The Kier molecular flexibility index (Phi) is 6.26. The lowest BCUT2D eigenvalue weighted by atomic mass is 9.96. The summed E-state index contributed by atoms with van der Waals surface area (Å²) in [6.07, 6.45) is 5.12. The van der Waals surface area contributed by atoms with E-state index in [1.54, 1.807) is 17.3 Å². The molecule has 1 unspecified atom stereocenters. The monoisotopic (exact) mass is 402 g/mol. The molecule has 2 aromatic rings. The maximum absolute atomic E-state index is 12.8. The Bertz CT molecular complexity index is 848. The second kappa shape index (κ2) is 8.50. The summed E-state index contributed by atoms with van der Waals surface area (Å²) in [7, 11) is 0. The molecule has 1 aliphatic rings. The predicted molar refractivity (Wildman–Crippen MR) is 110 cm³/mol. The van der Waals surface area contributed by atoms with Crippen molar-refractivity contribution in [1.29, 1.82) is 0 Å². The third kappa shape index (κ3) is 4.83. The van der Waals surface area contributed by atoms with Crippen molar-refractivity contribution in [2.24, 2.45) is 0 Å². The fourth-order valence-electron chi connectivity index (χ4n) is 3.59. The molecule has 1 fully saturated rings. The van der Waals surface area contributed by atoms with Crippen LogP contribution in [0.1, 0.15) is 46.3 Å². The predicted octanol–water partition coefficient (Wildman–Crippen LogP) is 4.10. The minimum absolute atomic E-state index is 0.0367. The number of halogens is 1. The average Bonchev–Trinajstić information content (AvgIpc) is 2.86. The molecule has 1 saturated heterocycles. The van der Waals surface area contributed by atoms with Crippen LogP contribution in [-0.4, -0.2) is 46.2 Å². The Morgan fingerprint density at radius 3 is 2.57 bits per heavy atom. The number of carbonyl (C=O) groups excluding carboxylic acids is 1. The van der Waals surface area contributed by atoms with E-state index in [2.05, 4.69) is 4.98 Å². The number of likely N-dealkylation sites (tertiary alicyclic amines) is 1. The number of aromatic nitrogens is 1. The first kappa shape index (κ1) is 20.6. The van der Waals surface area contributed by atoms with Crippen LogP contribution in [0.4, 0.5) is 0 Å². The van der Waals surface area contributed by atoms with Gasteiger partial charge < -0.3 is 14.7 Å². The van der Waals surface area contributed by atoms with E-state index in [1.165, 1.54) is 0 Å². The van der Waals surface area contributed by atoms with Gasteiger partial charge in [-0.25, -0.2) is 0 Å². The second-order valence-corrected chi connectivity index (χ2v) is 8.16. The number of amides is 1. The van der Waals surface area contributed by atoms with E-state index >= 15 is 0 Å². The van der Waals surface area contributed by atoms with Crippen molar-refractivity contribution in [3.63, 3.8) is 0 Å². The number of hydrogen-bond donors (Lipinski definition) is 1. The third-order valence-electron chi connectivity index (χ3n) is 5.24. The molecule has 0 radical (unpaired) electrons. The Morgan fingerprint density at radius 1 is 1.18 bits per heavy atom. The van der Waals surface area contributed by atoms with Crippen LogP contribution < -0.4 is 4.74 Å².